The van der Waals surface area contributed by atoms with Crippen molar-refractivity contribution in [2.24, 2.45) is 5.73 Å². The molecule has 17 heavy (non-hydrogen) atoms. The van der Waals surface area contributed by atoms with Gasteiger partial charge in [-0.1, -0.05) is 13.8 Å². The number of nitrogens with zero attached hydrogens (tertiary/aromatic N) is 2. The predicted octanol–water partition coefficient (Wildman–Crippen LogP) is 1.73. The first-order valence-corrected chi connectivity index (χ1v) is 6.07. The van der Waals surface area contributed by atoms with Crippen molar-refractivity contribution in [3.63, 3.8) is 0 Å². The van der Waals surface area contributed by atoms with Gasteiger partial charge in [0.25, 0.3) is 0 Å². The molecule has 2 N–H and O–H groups in total. The van der Waals surface area contributed by atoms with Gasteiger partial charge in [0.1, 0.15) is 0 Å². The van der Waals surface area contributed by atoms with Gasteiger partial charge in [0.15, 0.2) is 5.75 Å². The maximum Gasteiger partial charge on any atom is 0.161 e. The van der Waals surface area contributed by atoms with Crippen LogP contribution in [-0.4, -0.2) is 30.1 Å². The average molecular weight is 241 g/mol. The van der Waals surface area contributed by atoms with E-state index in [2.05, 4.69) is 18.9 Å². The molecule has 5 heteroatoms. The number of aromatic nitrogens is 2. The average Bonchev–Trinajstić information content (AvgIpc) is 2.74. The smallest absolute Gasteiger partial charge is 0.161 e. The highest BCUT2D eigenvalue weighted by atomic mass is 16.5. The number of hydrogen-bond acceptors (Lipinski definition) is 4. The van der Waals surface area contributed by atoms with Gasteiger partial charge in [-0.15, -0.1) is 0 Å². The van der Waals surface area contributed by atoms with E-state index in [1.165, 1.54) is 0 Å². The number of nitrogens with two attached hydrogens (primary N) is 1. The van der Waals surface area contributed by atoms with E-state index in [0.717, 1.165) is 30.8 Å². The summed E-state index contributed by atoms with van der Waals surface area (Å²) in [5.41, 5.74) is 7.17. The largest absolute Gasteiger partial charge is 0.493 e. The van der Waals surface area contributed by atoms with Crippen LogP contribution in [0.15, 0.2) is 6.20 Å². The van der Waals surface area contributed by atoms with Gasteiger partial charge in [-0.2, -0.15) is 5.10 Å². The van der Waals surface area contributed by atoms with E-state index in [0.29, 0.717) is 0 Å². The van der Waals surface area contributed by atoms with Crippen molar-refractivity contribution in [3.05, 3.63) is 11.9 Å². The topological polar surface area (TPSA) is 62.3 Å². The molecule has 5 nitrogen and oxygen atoms in total. The van der Waals surface area contributed by atoms with Crippen molar-refractivity contribution in [2.75, 3.05) is 14.2 Å². The van der Waals surface area contributed by atoms with Crippen molar-refractivity contribution in [1.29, 1.82) is 0 Å². The first kappa shape index (κ1) is 14.0. The summed E-state index contributed by atoms with van der Waals surface area (Å²) in [6, 6.07) is -0.214. The number of aryl methyl sites for hydroxylation is 1. The highest BCUT2D eigenvalue weighted by molar-refractivity contribution is 5.29. The highest BCUT2D eigenvalue weighted by Crippen LogP contribution is 2.27. The molecular formula is C12H23N3O2. The summed E-state index contributed by atoms with van der Waals surface area (Å²) in [6.07, 6.45) is 3.57. The Morgan fingerprint density at radius 1 is 1.41 bits per heavy atom. The summed E-state index contributed by atoms with van der Waals surface area (Å²) in [4.78, 5) is 0. The second kappa shape index (κ2) is 6.61. The van der Waals surface area contributed by atoms with Crippen molar-refractivity contribution < 1.29 is 9.47 Å². The van der Waals surface area contributed by atoms with Crippen LogP contribution in [0.25, 0.3) is 0 Å². The van der Waals surface area contributed by atoms with Gasteiger partial charge in [-0.25, -0.2) is 0 Å². The van der Waals surface area contributed by atoms with E-state index in [-0.39, 0.29) is 12.1 Å². The predicted molar refractivity (Wildman–Crippen MR) is 67.1 cm³/mol. The molecule has 98 valence electrons. The molecule has 1 rings (SSSR count). The van der Waals surface area contributed by atoms with E-state index in [4.69, 9.17) is 15.2 Å². The Bertz CT molecular complexity index is 334. The molecule has 0 saturated heterocycles. The molecule has 0 aromatic carbocycles. The molecule has 2 atom stereocenters. The van der Waals surface area contributed by atoms with Crippen LogP contribution in [0.5, 0.6) is 5.75 Å². The molecule has 0 spiro atoms. The molecule has 0 aliphatic rings. The minimum atomic E-state index is -0.214. The molecular weight excluding hydrogens is 218 g/mol. The summed E-state index contributed by atoms with van der Waals surface area (Å²) in [6.45, 7) is 5.00. The second-order valence-electron chi connectivity index (χ2n) is 4.03. The van der Waals surface area contributed by atoms with Crippen molar-refractivity contribution >= 4 is 0 Å². The quantitative estimate of drug-likeness (QED) is 0.789. The van der Waals surface area contributed by atoms with E-state index in [1.54, 1.807) is 20.4 Å². The zero-order valence-corrected chi connectivity index (χ0v) is 11.1. The lowest BCUT2D eigenvalue weighted by atomic mass is 10.1. The SMILES string of the molecule is CCCn1ncc(OC)c1C(N)C(CC)OC. The monoisotopic (exact) mass is 241 g/mol. The maximum absolute atomic E-state index is 6.25. The molecule has 0 fully saturated rings. The first-order valence-electron chi connectivity index (χ1n) is 6.07. The van der Waals surface area contributed by atoms with Crippen LogP contribution >= 0.6 is 0 Å². The van der Waals surface area contributed by atoms with Crippen LogP contribution in [0.2, 0.25) is 0 Å². The minimum Gasteiger partial charge on any atom is -0.493 e. The molecule has 0 saturated carbocycles. The normalized spacial score (nSPS) is 14.6. The summed E-state index contributed by atoms with van der Waals surface area (Å²) < 4.78 is 12.6. The molecule has 2 unspecified atom stereocenters. The van der Waals surface area contributed by atoms with Crippen LogP contribution in [0.4, 0.5) is 0 Å². The number of methoxy groups -OCH3 is 2. The van der Waals surface area contributed by atoms with Crippen molar-refractivity contribution in [3.8, 4) is 5.75 Å². The van der Waals surface area contributed by atoms with Crippen molar-refractivity contribution in [2.45, 2.75) is 45.4 Å². The Kier molecular flexibility index (Phi) is 5.44. The summed E-state index contributed by atoms with van der Waals surface area (Å²) in [7, 11) is 3.32. The highest BCUT2D eigenvalue weighted by Gasteiger charge is 2.25. The lowest BCUT2D eigenvalue weighted by molar-refractivity contribution is 0.0738. The molecule has 0 bridgehead atoms. The first-order chi connectivity index (χ1) is 8.19. The zero-order valence-electron chi connectivity index (χ0n) is 11.1. The Morgan fingerprint density at radius 2 is 2.12 bits per heavy atom. The van der Waals surface area contributed by atoms with Crippen LogP contribution in [0.3, 0.4) is 0 Å². The van der Waals surface area contributed by atoms with E-state index >= 15 is 0 Å². The van der Waals surface area contributed by atoms with Gasteiger partial charge >= 0.3 is 0 Å². The van der Waals surface area contributed by atoms with Gasteiger partial charge in [-0.05, 0) is 12.8 Å². The van der Waals surface area contributed by atoms with Gasteiger partial charge in [0, 0.05) is 13.7 Å². The van der Waals surface area contributed by atoms with E-state index in [9.17, 15) is 0 Å². The van der Waals surface area contributed by atoms with Crippen LogP contribution in [-0.2, 0) is 11.3 Å². The maximum atomic E-state index is 6.25. The standard InChI is InChI=1S/C12H23N3O2/c1-5-7-15-12(10(17-4)8-14-15)11(13)9(6-2)16-3/h8-9,11H,5-7,13H2,1-4H3. The van der Waals surface area contributed by atoms with Gasteiger partial charge in [0.05, 0.1) is 31.1 Å². The molecule has 0 amide bonds. The van der Waals surface area contributed by atoms with E-state index in [1.807, 2.05) is 4.68 Å². The molecule has 0 radical (unpaired) electrons. The van der Waals surface area contributed by atoms with Gasteiger partial charge < -0.3 is 15.2 Å². The zero-order chi connectivity index (χ0) is 12.8. The Hall–Kier alpha value is -1.07. The number of hydrogen-bond donors (Lipinski definition) is 1. The van der Waals surface area contributed by atoms with Crippen LogP contribution in [0, 0.1) is 0 Å². The number of ether oxygens (including phenoxy) is 2. The third-order valence-electron chi connectivity index (χ3n) is 2.92. The summed E-state index contributed by atoms with van der Waals surface area (Å²) in [5, 5.41) is 4.30. The van der Waals surface area contributed by atoms with Crippen LogP contribution in [0.1, 0.15) is 38.4 Å². The van der Waals surface area contributed by atoms with Crippen molar-refractivity contribution in [1.82, 2.24) is 9.78 Å². The molecule has 1 aromatic heterocycles. The Labute approximate surface area is 103 Å². The lowest BCUT2D eigenvalue weighted by Crippen LogP contribution is -2.30. The van der Waals surface area contributed by atoms with Gasteiger partial charge in [0.2, 0.25) is 0 Å². The van der Waals surface area contributed by atoms with Gasteiger partial charge in [-0.3, -0.25) is 4.68 Å². The van der Waals surface area contributed by atoms with Crippen LogP contribution < -0.4 is 10.5 Å². The Morgan fingerprint density at radius 3 is 2.59 bits per heavy atom. The number of rotatable bonds is 7. The third kappa shape index (κ3) is 2.98. The molecule has 0 aliphatic carbocycles. The summed E-state index contributed by atoms with van der Waals surface area (Å²) >= 11 is 0. The third-order valence-corrected chi connectivity index (χ3v) is 2.92. The Balaban J connectivity index is 3.03. The minimum absolute atomic E-state index is 0.0174. The molecule has 1 aromatic rings. The lowest BCUT2D eigenvalue weighted by Gasteiger charge is -2.22. The fourth-order valence-electron chi connectivity index (χ4n) is 2.00. The fourth-order valence-corrected chi connectivity index (χ4v) is 2.00. The second-order valence-corrected chi connectivity index (χ2v) is 4.03. The summed E-state index contributed by atoms with van der Waals surface area (Å²) in [5.74, 6) is 0.737. The fraction of sp³-hybridized carbons (Fsp3) is 0.750. The van der Waals surface area contributed by atoms with E-state index < -0.39 is 0 Å². The molecule has 1 heterocycles. The molecule has 0 aliphatic heterocycles.